The lowest BCUT2D eigenvalue weighted by atomic mass is 10.0. The highest BCUT2D eigenvalue weighted by Gasteiger charge is 2.29. The smallest absolute Gasteiger partial charge is 0.422 e. The van der Waals surface area contributed by atoms with Gasteiger partial charge in [-0.05, 0) is 43.4 Å². The molecule has 1 fully saturated rings. The molecular weight excluding hydrogens is 437 g/mol. The third-order valence-electron chi connectivity index (χ3n) is 4.91. The molecule has 0 bridgehead atoms. The number of carbonyl (C=O) groups is 1. The second-order valence-electron chi connectivity index (χ2n) is 7.48. The van der Waals surface area contributed by atoms with E-state index in [1.807, 2.05) is 0 Å². The summed E-state index contributed by atoms with van der Waals surface area (Å²) in [6.07, 6.45) is -2.14. The van der Waals surface area contributed by atoms with Crippen molar-refractivity contribution in [2.75, 3.05) is 32.6 Å². The van der Waals surface area contributed by atoms with Gasteiger partial charge in [-0.1, -0.05) is 13.0 Å². The van der Waals surface area contributed by atoms with Crippen LogP contribution in [0.5, 0.6) is 11.5 Å². The van der Waals surface area contributed by atoms with E-state index in [1.165, 1.54) is 13.2 Å². The van der Waals surface area contributed by atoms with Crippen molar-refractivity contribution in [3.8, 4) is 11.5 Å². The molecule has 1 aliphatic rings. The second kappa shape index (κ2) is 11.0. The van der Waals surface area contributed by atoms with Crippen LogP contribution in [0, 0.1) is 0 Å². The van der Waals surface area contributed by atoms with Crippen LogP contribution in [0.1, 0.15) is 38.2 Å². The first-order valence-corrected chi connectivity index (χ1v) is 11.8. The van der Waals surface area contributed by atoms with E-state index in [4.69, 9.17) is 9.47 Å². The number of benzene rings is 1. The zero-order valence-electron chi connectivity index (χ0n) is 17.7. The molecule has 1 N–H and O–H groups in total. The summed E-state index contributed by atoms with van der Waals surface area (Å²) in [5.74, 6) is 0.207. The van der Waals surface area contributed by atoms with Crippen LogP contribution in [0.4, 0.5) is 13.2 Å². The number of likely N-dealkylation sites (tertiary alicyclic amines) is 1. The largest absolute Gasteiger partial charge is 0.493 e. The van der Waals surface area contributed by atoms with Gasteiger partial charge in [-0.2, -0.15) is 13.2 Å². The molecule has 0 aromatic heterocycles. The maximum atomic E-state index is 12.5. The van der Waals surface area contributed by atoms with Gasteiger partial charge in [-0.25, -0.2) is 13.1 Å². The van der Waals surface area contributed by atoms with Crippen molar-refractivity contribution >= 4 is 15.9 Å². The fraction of sp³-hybridized carbons (Fsp3) is 0.650. The molecule has 1 heterocycles. The summed E-state index contributed by atoms with van der Waals surface area (Å²) in [6, 6.07) is 4.41. The number of piperidine rings is 1. The Hall–Kier alpha value is -2.01. The summed E-state index contributed by atoms with van der Waals surface area (Å²) < 4.78 is 73.3. The van der Waals surface area contributed by atoms with Gasteiger partial charge in [0.15, 0.2) is 18.1 Å². The molecule has 0 saturated carbocycles. The van der Waals surface area contributed by atoms with Crippen molar-refractivity contribution < 1.29 is 35.9 Å². The van der Waals surface area contributed by atoms with Crippen LogP contribution in [0.25, 0.3) is 0 Å². The zero-order chi connectivity index (χ0) is 23.1. The minimum Gasteiger partial charge on any atom is -0.493 e. The summed E-state index contributed by atoms with van der Waals surface area (Å²) in [7, 11) is -1.94. The molecular formula is C20H29F3N2O5S. The van der Waals surface area contributed by atoms with Crippen LogP contribution in [-0.2, 0) is 21.2 Å². The molecule has 11 heteroatoms. The number of sulfonamides is 1. The summed E-state index contributed by atoms with van der Waals surface area (Å²) in [4.78, 5) is 14.2. The number of hydrogen-bond donors (Lipinski definition) is 1. The lowest BCUT2D eigenvalue weighted by molar-refractivity contribution is -0.153. The van der Waals surface area contributed by atoms with Crippen LogP contribution in [0.2, 0.25) is 0 Å². The van der Waals surface area contributed by atoms with Crippen LogP contribution < -0.4 is 14.2 Å². The molecule has 31 heavy (non-hydrogen) atoms. The van der Waals surface area contributed by atoms with E-state index in [-0.39, 0.29) is 35.6 Å². The number of aryl methyl sites for hydroxylation is 1. The highest BCUT2D eigenvalue weighted by atomic mass is 32.2. The Bertz CT molecular complexity index is 838. The summed E-state index contributed by atoms with van der Waals surface area (Å²) in [6.45, 7) is 1.35. The quantitative estimate of drug-likeness (QED) is 0.573. The number of nitrogens with one attached hydrogen (secondary N) is 1. The Kier molecular flexibility index (Phi) is 8.99. The average Bonchev–Trinajstić information content (AvgIpc) is 2.70. The number of rotatable bonds is 10. The number of carbonyl (C=O) groups excluding carboxylic acids is 1. The predicted octanol–water partition coefficient (Wildman–Crippen LogP) is 2.89. The molecule has 1 aliphatic heterocycles. The minimum absolute atomic E-state index is 0.0116. The molecule has 7 nitrogen and oxygen atoms in total. The van der Waals surface area contributed by atoms with Gasteiger partial charge >= 0.3 is 6.18 Å². The highest BCUT2D eigenvalue weighted by Crippen LogP contribution is 2.30. The van der Waals surface area contributed by atoms with E-state index in [9.17, 15) is 26.4 Å². The molecule has 2 rings (SSSR count). The molecule has 0 aliphatic carbocycles. The third-order valence-corrected chi connectivity index (χ3v) is 6.55. The van der Waals surface area contributed by atoms with Gasteiger partial charge in [-0.15, -0.1) is 0 Å². The number of nitrogens with zero attached hydrogens (tertiary/aromatic N) is 1. The normalized spacial score (nSPS) is 15.7. The molecule has 1 aromatic rings. The van der Waals surface area contributed by atoms with Crippen LogP contribution in [0.15, 0.2) is 18.2 Å². The molecule has 1 saturated heterocycles. The molecule has 0 spiro atoms. The van der Waals surface area contributed by atoms with Crippen LogP contribution in [-0.4, -0.2) is 64.0 Å². The second-order valence-corrected chi connectivity index (χ2v) is 9.35. The van der Waals surface area contributed by atoms with Gasteiger partial charge in [0.05, 0.1) is 12.9 Å². The Morgan fingerprint density at radius 3 is 2.48 bits per heavy atom. The van der Waals surface area contributed by atoms with E-state index in [1.54, 1.807) is 24.0 Å². The van der Waals surface area contributed by atoms with Crippen LogP contribution in [0.3, 0.4) is 0 Å². The first-order valence-electron chi connectivity index (χ1n) is 10.2. The molecule has 0 atom stereocenters. The standard InChI is InChI=1S/C20H29F3N2O5S/c1-3-12-31(27,28)24-16-8-10-25(11-9-16)19(26)7-5-15-4-6-17(18(13-15)29-2)30-14-20(21,22)23/h4,6,13,16,24H,3,5,7-12,14H2,1-2H3. The number of ether oxygens (including phenoxy) is 2. The summed E-state index contributed by atoms with van der Waals surface area (Å²) in [5, 5.41) is 0. The minimum atomic E-state index is -4.45. The van der Waals surface area contributed by atoms with Crippen molar-refractivity contribution in [2.45, 2.75) is 51.2 Å². The Morgan fingerprint density at radius 1 is 1.23 bits per heavy atom. The number of halogens is 3. The highest BCUT2D eigenvalue weighted by molar-refractivity contribution is 7.89. The zero-order valence-corrected chi connectivity index (χ0v) is 18.5. The fourth-order valence-corrected chi connectivity index (χ4v) is 4.78. The van der Waals surface area contributed by atoms with Crippen molar-refractivity contribution in [1.29, 1.82) is 0 Å². The van der Waals surface area contributed by atoms with Gasteiger partial charge < -0.3 is 14.4 Å². The van der Waals surface area contributed by atoms with Crippen molar-refractivity contribution in [2.24, 2.45) is 0 Å². The lowest BCUT2D eigenvalue weighted by Crippen LogP contribution is -2.47. The first kappa shape index (κ1) is 25.3. The van der Waals surface area contributed by atoms with Gasteiger partial charge in [0.1, 0.15) is 0 Å². The molecule has 176 valence electrons. The van der Waals surface area contributed by atoms with E-state index >= 15 is 0 Å². The average molecular weight is 467 g/mol. The fourth-order valence-electron chi connectivity index (χ4n) is 3.38. The molecule has 1 aromatic carbocycles. The van der Waals surface area contributed by atoms with Gasteiger partial charge in [0.2, 0.25) is 15.9 Å². The SMILES string of the molecule is CCCS(=O)(=O)NC1CCN(C(=O)CCc2ccc(OCC(F)(F)F)c(OC)c2)CC1. The van der Waals surface area contributed by atoms with E-state index in [0.29, 0.717) is 38.8 Å². The molecule has 0 unspecified atom stereocenters. The molecule has 1 amide bonds. The number of amides is 1. The Labute approximate surface area is 180 Å². The van der Waals surface area contributed by atoms with Crippen molar-refractivity contribution in [3.05, 3.63) is 23.8 Å². The number of alkyl halides is 3. The Morgan fingerprint density at radius 2 is 1.90 bits per heavy atom. The number of hydrogen-bond acceptors (Lipinski definition) is 5. The maximum Gasteiger partial charge on any atom is 0.422 e. The first-order chi connectivity index (χ1) is 14.5. The third kappa shape index (κ3) is 8.56. The number of methoxy groups -OCH3 is 1. The van der Waals surface area contributed by atoms with Crippen molar-refractivity contribution in [1.82, 2.24) is 9.62 Å². The van der Waals surface area contributed by atoms with Crippen LogP contribution >= 0.6 is 0 Å². The lowest BCUT2D eigenvalue weighted by Gasteiger charge is -2.32. The van der Waals surface area contributed by atoms with E-state index in [0.717, 1.165) is 5.56 Å². The van der Waals surface area contributed by atoms with E-state index < -0.39 is 22.8 Å². The predicted molar refractivity (Wildman–Crippen MR) is 110 cm³/mol. The Balaban J connectivity index is 1.83. The maximum absolute atomic E-state index is 12.5. The van der Waals surface area contributed by atoms with Gasteiger partial charge in [-0.3, -0.25) is 4.79 Å². The van der Waals surface area contributed by atoms with Gasteiger partial charge in [0.25, 0.3) is 0 Å². The topological polar surface area (TPSA) is 84.9 Å². The van der Waals surface area contributed by atoms with E-state index in [2.05, 4.69) is 4.72 Å². The van der Waals surface area contributed by atoms with Gasteiger partial charge in [0, 0.05) is 25.6 Å². The molecule has 0 radical (unpaired) electrons. The monoisotopic (exact) mass is 466 g/mol. The van der Waals surface area contributed by atoms with Crippen molar-refractivity contribution in [3.63, 3.8) is 0 Å². The summed E-state index contributed by atoms with van der Waals surface area (Å²) >= 11 is 0. The summed E-state index contributed by atoms with van der Waals surface area (Å²) in [5.41, 5.74) is 0.742.